The Hall–Kier alpha value is -1.86. The van der Waals surface area contributed by atoms with Crippen molar-refractivity contribution in [3.05, 3.63) is 46.1 Å². The van der Waals surface area contributed by atoms with Gasteiger partial charge in [-0.25, -0.2) is 4.39 Å². The van der Waals surface area contributed by atoms with E-state index in [1.54, 1.807) is 30.9 Å². The van der Waals surface area contributed by atoms with Gasteiger partial charge in [0.1, 0.15) is 10.8 Å². The van der Waals surface area contributed by atoms with Gasteiger partial charge in [0.15, 0.2) is 0 Å². The first kappa shape index (κ1) is 19.5. The lowest BCUT2D eigenvalue weighted by molar-refractivity contribution is -0.116. The summed E-state index contributed by atoms with van der Waals surface area (Å²) in [6.07, 6.45) is 1.07. The number of carbonyl (C=O) groups is 2. The summed E-state index contributed by atoms with van der Waals surface area (Å²) in [6.45, 7) is 3.81. The molecule has 2 amide bonds. The predicted molar refractivity (Wildman–Crippen MR) is 102 cm³/mol. The summed E-state index contributed by atoms with van der Waals surface area (Å²) in [4.78, 5) is 26.2. The summed E-state index contributed by atoms with van der Waals surface area (Å²) in [5.74, 6) is 0.219. The third-order valence-corrected chi connectivity index (χ3v) is 5.94. The molecule has 1 aromatic carbocycles. The molecule has 0 unspecified atom stereocenters. The van der Waals surface area contributed by atoms with Crippen LogP contribution in [0.5, 0.6) is 0 Å². The fraction of sp³-hybridized carbons (Fsp3) is 0.333. The van der Waals surface area contributed by atoms with Gasteiger partial charge in [-0.3, -0.25) is 9.59 Å². The van der Waals surface area contributed by atoms with Crippen molar-refractivity contribution in [1.29, 1.82) is 0 Å². The molecule has 2 rings (SSSR count). The van der Waals surface area contributed by atoms with Crippen molar-refractivity contribution >= 4 is 39.9 Å². The van der Waals surface area contributed by atoms with Gasteiger partial charge in [0.25, 0.3) is 5.91 Å². The topological polar surface area (TPSA) is 58.2 Å². The van der Waals surface area contributed by atoms with Crippen LogP contribution in [-0.4, -0.2) is 24.6 Å². The molecule has 7 heteroatoms. The molecule has 134 valence electrons. The van der Waals surface area contributed by atoms with Crippen LogP contribution in [0.25, 0.3) is 0 Å². The molecule has 4 nitrogen and oxygen atoms in total. The smallest absolute Gasteiger partial charge is 0.254 e. The summed E-state index contributed by atoms with van der Waals surface area (Å²) in [6, 6.07) is 6.31. The van der Waals surface area contributed by atoms with Gasteiger partial charge >= 0.3 is 0 Å². The van der Waals surface area contributed by atoms with Gasteiger partial charge < -0.3 is 10.6 Å². The van der Waals surface area contributed by atoms with Crippen LogP contribution in [0.2, 0.25) is 0 Å². The molecule has 0 saturated heterocycles. The van der Waals surface area contributed by atoms with Gasteiger partial charge in [0.05, 0.1) is 5.56 Å². The van der Waals surface area contributed by atoms with Gasteiger partial charge in [0.2, 0.25) is 5.91 Å². The number of amides is 2. The quantitative estimate of drug-likeness (QED) is 0.554. The number of nitrogens with one attached hydrogen (secondary N) is 2. The van der Waals surface area contributed by atoms with Crippen molar-refractivity contribution in [3.63, 3.8) is 0 Å². The van der Waals surface area contributed by atoms with Crippen molar-refractivity contribution in [1.82, 2.24) is 5.32 Å². The van der Waals surface area contributed by atoms with Gasteiger partial charge in [-0.2, -0.15) is 0 Å². The molecule has 0 atom stereocenters. The van der Waals surface area contributed by atoms with Crippen LogP contribution in [0.1, 0.15) is 33.6 Å². The van der Waals surface area contributed by atoms with Crippen molar-refractivity contribution < 1.29 is 14.0 Å². The molecule has 0 aliphatic heterocycles. The molecule has 0 aliphatic rings. The average Bonchev–Trinajstić information content (AvgIpc) is 2.86. The highest BCUT2D eigenvalue weighted by Gasteiger charge is 2.19. The Kier molecular flexibility index (Phi) is 7.01. The number of benzene rings is 1. The Bertz CT molecular complexity index is 757. The summed E-state index contributed by atoms with van der Waals surface area (Å²) >= 11 is 3.00. The Morgan fingerprint density at radius 3 is 2.52 bits per heavy atom. The van der Waals surface area contributed by atoms with E-state index in [4.69, 9.17) is 0 Å². The van der Waals surface area contributed by atoms with Crippen LogP contribution >= 0.6 is 23.1 Å². The number of hydrogen-bond donors (Lipinski definition) is 2. The van der Waals surface area contributed by atoms with Gasteiger partial charge in [-0.05, 0) is 55.9 Å². The maximum absolute atomic E-state index is 12.8. The Morgan fingerprint density at radius 2 is 1.88 bits per heavy atom. The minimum Gasteiger partial charge on any atom is -0.355 e. The van der Waals surface area contributed by atoms with Crippen molar-refractivity contribution in [2.75, 3.05) is 18.1 Å². The minimum atomic E-state index is -0.253. The lowest BCUT2D eigenvalue weighted by atomic mass is 10.1. The molecule has 2 aromatic rings. The van der Waals surface area contributed by atoms with E-state index < -0.39 is 0 Å². The number of thiophene rings is 1. The van der Waals surface area contributed by atoms with Crippen LogP contribution in [-0.2, 0) is 4.79 Å². The predicted octanol–water partition coefficient (Wildman–Crippen LogP) is 4.37. The SMILES string of the molecule is CNC(=O)c1c(NC(=O)CCCSc2ccc(F)cc2)sc(C)c1C. The van der Waals surface area contributed by atoms with Crippen molar-refractivity contribution in [3.8, 4) is 0 Å². The average molecular weight is 381 g/mol. The number of carbonyl (C=O) groups excluding carboxylic acids is 2. The minimum absolute atomic E-state index is 0.105. The van der Waals surface area contributed by atoms with E-state index in [2.05, 4.69) is 10.6 Å². The maximum atomic E-state index is 12.8. The zero-order valence-electron chi connectivity index (χ0n) is 14.4. The first-order valence-electron chi connectivity index (χ1n) is 7.92. The molecule has 0 bridgehead atoms. The second-order valence-corrected chi connectivity index (χ2v) is 7.91. The summed E-state index contributed by atoms with van der Waals surface area (Å²) in [5.41, 5.74) is 1.44. The number of anilines is 1. The van der Waals surface area contributed by atoms with E-state index in [1.165, 1.54) is 23.5 Å². The second-order valence-electron chi connectivity index (χ2n) is 5.52. The summed E-state index contributed by atoms with van der Waals surface area (Å²) < 4.78 is 12.8. The number of rotatable bonds is 7. The molecule has 0 spiro atoms. The second kappa shape index (κ2) is 9.01. The monoisotopic (exact) mass is 380 g/mol. The third-order valence-electron chi connectivity index (χ3n) is 3.72. The highest BCUT2D eigenvalue weighted by molar-refractivity contribution is 7.99. The molecule has 0 radical (unpaired) electrons. The molecular weight excluding hydrogens is 359 g/mol. The van der Waals surface area contributed by atoms with Crippen molar-refractivity contribution in [2.45, 2.75) is 31.6 Å². The number of aryl methyl sites for hydroxylation is 1. The van der Waals surface area contributed by atoms with Gasteiger partial charge in [-0.1, -0.05) is 0 Å². The normalized spacial score (nSPS) is 10.6. The number of halogens is 1. The Labute approximate surface area is 155 Å². The number of hydrogen-bond acceptors (Lipinski definition) is 4. The Balaban J connectivity index is 1.85. The third kappa shape index (κ3) is 5.31. The van der Waals surface area contributed by atoms with Gasteiger partial charge in [0, 0.05) is 23.2 Å². The van der Waals surface area contributed by atoms with E-state index in [9.17, 15) is 14.0 Å². The molecule has 2 N–H and O–H groups in total. The molecule has 0 fully saturated rings. The molecule has 25 heavy (non-hydrogen) atoms. The van der Waals surface area contributed by atoms with E-state index in [0.717, 1.165) is 21.1 Å². The lowest BCUT2D eigenvalue weighted by Gasteiger charge is -2.07. The fourth-order valence-corrected chi connectivity index (χ4v) is 4.18. The first-order chi connectivity index (χ1) is 11.9. The van der Waals surface area contributed by atoms with Crippen LogP contribution in [0.15, 0.2) is 29.2 Å². The molecule has 0 aliphatic carbocycles. The molecule has 1 heterocycles. The Morgan fingerprint density at radius 1 is 1.20 bits per heavy atom. The first-order valence-corrected chi connectivity index (χ1v) is 9.73. The zero-order chi connectivity index (χ0) is 18.4. The van der Waals surface area contributed by atoms with E-state index in [1.807, 2.05) is 13.8 Å². The van der Waals surface area contributed by atoms with Crippen LogP contribution in [0.4, 0.5) is 9.39 Å². The molecule has 0 saturated carbocycles. The van der Waals surface area contributed by atoms with Crippen molar-refractivity contribution in [2.24, 2.45) is 0 Å². The molecular formula is C18H21FN2O2S2. The van der Waals surface area contributed by atoms with E-state index in [0.29, 0.717) is 23.4 Å². The largest absolute Gasteiger partial charge is 0.355 e. The zero-order valence-corrected chi connectivity index (χ0v) is 16.1. The number of thioether (sulfide) groups is 1. The summed E-state index contributed by atoms with van der Waals surface area (Å²) in [5, 5.41) is 6.07. The van der Waals surface area contributed by atoms with E-state index in [-0.39, 0.29) is 17.6 Å². The molecule has 1 aromatic heterocycles. The highest BCUT2D eigenvalue weighted by Crippen LogP contribution is 2.32. The standard InChI is InChI=1S/C18H21FN2O2S2/c1-11-12(2)25-18(16(11)17(23)20-3)21-15(22)5-4-10-24-14-8-6-13(19)7-9-14/h6-9H,4-5,10H2,1-3H3,(H,20,23)(H,21,22). The highest BCUT2D eigenvalue weighted by atomic mass is 32.2. The van der Waals surface area contributed by atoms with Crippen LogP contribution < -0.4 is 10.6 Å². The fourth-order valence-electron chi connectivity index (χ4n) is 2.26. The maximum Gasteiger partial charge on any atom is 0.254 e. The van der Waals surface area contributed by atoms with Gasteiger partial charge in [-0.15, -0.1) is 23.1 Å². The van der Waals surface area contributed by atoms with Crippen LogP contribution in [0.3, 0.4) is 0 Å². The summed E-state index contributed by atoms with van der Waals surface area (Å²) in [7, 11) is 1.58. The lowest BCUT2D eigenvalue weighted by Crippen LogP contribution is -2.21. The van der Waals surface area contributed by atoms with Crippen LogP contribution in [0, 0.1) is 19.7 Å². The van der Waals surface area contributed by atoms with E-state index >= 15 is 0 Å².